The standard InChI is InChI=1S/C19H14N2O3.C12H9NO/c1-13-17(18(21-24-13)14-6-4-3-5-7-14)9-8-16-12-15(10-11-20-16)19(22)23-2;1-3-11-9(2)14-13-12(11)10-7-5-4-6-8-10/h3-7,10-12H,1-2H3;1,4-8H,2H3. The summed E-state index contributed by atoms with van der Waals surface area (Å²) in [5.74, 6) is 9.47. The monoisotopic (exact) mass is 501 g/mol. The molecule has 0 atom stereocenters. The number of hydrogen-bond acceptors (Lipinski definition) is 7. The number of aryl methyl sites for hydroxylation is 2. The summed E-state index contributed by atoms with van der Waals surface area (Å²) < 4.78 is 15.0. The molecule has 3 heterocycles. The maximum Gasteiger partial charge on any atom is 0.338 e. The second-order valence-electron chi connectivity index (χ2n) is 7.97. The first-order chi connectivity index (χ1) is 18.5. The number of esters is 1. The number of terminal acetylenes is 1. The van der Waals surface area contributed by atoms with Gasteiger partial charge in [0.15, 0.2) is 0 Å². The second kappa shape index (κ2) is 12.0. The van der Waals surface area contributed by atoms with Crippen molar-refractivity contribution in [3.05, 3.63) is 113 Å². The van der Waals surface area contributed by atoms with E-state index in [2.05, 4.69) is 33.1 Å². The summed E-state index contributed by atoms with van der Waals surface area (Å²) in [5.41, 5.74) is 5.64. The summed E-state index contributed by atoms with van der Waals surface area (Å²) in [6.07, 6.45) is 6.91. The maximum absolute atomic E-state index is 11.6. The fourth-order valence-electron chi connectivity index (χ4n) is 3.52. The highest BCUT2D eigenvalue weighted by molar-refractivity contribution is 5.89. The summed E-state index contributed by atoms with van der Waals surface area (Å²) in [4.78, 5) is 15.7. The molecule has 0 fully saturated rings. The van der Waals surface area contributed by atoms with E-state index in [-0.39, 0.29) is 0 Å². The minimum absolute atomic E-state index is 0.405. The van der Waals surface area contributed by atoms with Gasteiger partial charge in [0, 0.05) is 17.3 Å². The number of pyridine rings is 1. The summed E-state index contributed by atoms with van der Waals surface area (Å²) in [6, 6.07) is 22.6. The molecule has 7 nitrogen and oxygen atoms in total. The van der Waals surface area contributed by atoms with Crippen LogP contribution in [0.2, 0.25) is 0 Å². The minimum Gasteiger partial charge on any atom is -0.465 e. The number of ether oxygens (including phenoxy) is 1. The second-order valence-corrected chi connectivity index (χ2v) is 7.97. The molecule has 0 amide bonds. The molecule has 0 unspecified atom stereocenters. The Hall–Kier alpha value is -5.40. The van der Waals surface area contributed by atoms with Crippen molar-refractivity contribution in [2.75, 3.05) is 7.11 Å². The van der Waals surface area contributed by atoms with Crippen molar-refractivity contribution in [2.45, 2.75) is 13.8 Å². The van der Waals surface area contributed by atoms with Gasteiger partial charge in [0.25, 0.3) is 0 Å². The van der Waals surface area contributed by atoms with Crippen LogP contribution in [0.1, 0.15) is 38.7 Å². The van der Waals surface area contributed by atoms with E-state index in [1.165, 1.54) is 13.3 Å². The number of methoxy groups -OCH3 is 1. The number of aromatic nitrogens is 3. The van der Waals surface area contributed by atoms with Crippen molar-refractivity contribution >= 4 is 5.97 Å². The number of nitrogens with zero attached hydrogens (tertiary/aromatic N) is 3. The van der Waals surface area contributed by atoms with Gasteiger partial charge in [-0.15, -0.1) is 6.42 Å². The fourth-order valence-corrected chi connectivity index (χ4v) is 3.52. The molecule has 3 aromatic heterocycles. The van der Waals surface area contributed by atoms with E-state index in [9.17, 15) is 4.79 Å². The van der Waals surface area contributed by atoms with E-state index in [0.717, 1.165) is 22.4 Å². The summed E-state index contributed by atoms with van der Waals surface area (Å²) in [5, 5.41) is 8.02. The Morgan fingerprint density at radius 3 is 1.92 bits per heavy atom. The lowest BCUT2D eigenvalue weighted by Gasteiger charge is -1.98. The van der Waals surface area contributed by atoms with Crippen LogP contribution in [0.3, 0.4) is 0 Å². The number of carbonyl (C=O) groups is 1. The molecule has 0 N–H and O–H groups in total. The predicted octanol–water partition coefficient (Wildman–Crippen LogP) is 5.86. The van der Waals surface area contributed by atoms with Gasteiger partial charge < -0.3 is 13.8 Å². The van der Waals surface area contributed by atoms with Crippen molar-refractivity contribution in [1.29, 1.82) is 0 Å². The predicted molar refractivity (Wildman–Crippen MR) is 143 cm³/mol. The highest BCUT2D eigenvalue weighted by Gasteiger charge is 2.13. The molecule has 0 aliphatic rings. The Bertz CT molecular complexity index is 1650. The molecule has 0 spiro atoms. The molecule has 7 heteroatoms. The molecule has 0 aliphatic heterocycles. The van der Waals surface area contributed by atoms with Crippen LogP contribution in [-0.2, 0) is 4.74 Å². The van der Waals surface area contributed by atoms with E-state index < -0.39 is 5.97 Å². The van der Waals surface area contributed by atoms with Crippen LogP contribution in [-0.4, -0.2) is 28.4 Å². The summed E-state index contributed by atoms with van der Waals surface area (Å²) in [7, 11) is 1.33. The van der Waals surface area contributed by atoms with Crippen molar-refractivity contribution in [3.63, 3.8) is 0 Å². The number of benzene rings is 2. The van der Waals surface area contributed by atoms with Crippen molar-refractivity contribution < 1.29 is 18.6 Å². The van der Waals surface area contributed by atoms with Gasteiger partial charge in [0.2, 0.25) is 0 Å². The SMILES string of the molecule is C#Cc1c(-c2ccccc2)noc1C.COC(=O)c1ccnc(C#Cc2c(-c3ccccc3)noc2C)c1. The van der Waals surface area contributed by atoms with Gasteiger partial charge in [-0.05, 0) is 31.9 Å². The molecule has 5 rings (SSSR count). The van der Waals surface area contributed by atoms with E-state index in [0.29, 0.717) is 34.0 Å². The van der Waals surface area contributed by atoms with Gasteiger partial charge in [-0.1, -0.05) is 82.8 Å². The topological polar surface area (TPSA) is 91.2 Å². The molecule has 0 saturated carbocycles. The lowest BCUT2D eigenvalue weighted by Crippen LogP contribution is -2.01. The van der Waals surface area contributed by atoms with Crippen LogP contribution >= 0.6 is 0 Å². The van der Waals surface area contributed by atoms with Gasteiger partial charge in [-0.2, -0.15) is 0 Å². The third kappa shape index (κ3) is 5.87. The van der Waals surface area contributed by atoms with Crippen LogP contribution in [0.25, 0.3) is 22.5 Å². The number of carbonyl (C=O) groups excluding carboxylic acids is 1. The lowest BCUT2D eigenvalue weighted by atomic mass is 10.1. The Morgan fingerprint density at radius 2 is 1.37 bits per heavy atom. The average Bonchev–Trinajstić information content (AvgIpc) is 3.54. The van der Waals surface area contributed by atoms with Gasteiger partial charge in [0.1, 0.15) is 28.6 Å². The zero-order chi connectivity index (χ0) is 26.9. The van der Waals surface area contributed by atoms with Crippen LogP contribution in [0.5, 0.6) is 0 Å². The third-order valence-electron chi connectivity index (χ3n) is 5.46. The van der Waals surface area contributed by atoms with Crippen molar-refractivity contribution in [1.82, 2.24) is 15.3 Å². The Kier molecular flexibility index (Phi) is 8.13. The summed E-state index contributed by atoms with van der Waals surface area (Å²) >= 11 is 0. The van der Waals surface area contributed by atoms with Gasteiger partial charge in [0.05, 0.1) is 23.8 Å². The average molecular weight is 502 g/mol. The van der Waals surface area contributed by atoms with E-state index in [4.69, 9.17) is 20.2 Å². The van der Waals surface area contributed by atoms with Gasteiger partial charge in [-0.25, -0.2) is 9.78 Å². The van der Waals surface area contributed by atoms with Crippen LogP contribution in [0.4, 0.5) is 0 Å². The van der Waals surface area contributed by atoms with Crippen LogP contribution < -0.4 is 0 Å². The Balaban J connectivity index is 0.000000204. The molecule has 0 radical (unpaired) electrons. The normalized spacial score (nSPS) is 9.84. The molecule has 0 aliphatic carbocycles. The molecular formula is C31H23N3O4. The first kappa shape index (κ1) is 25.7. The van der Waals surface area contributed by atoms with Crippen molar-refractivity contribution in [3.8, 4) is 46.7 Å². The highest BCUT2D eigenvalue weighted by atomic mass is 16.5. The number of rotatable bonds is 3. The van der Waals surface area contributed by atoms with E-state index in [1.54, 1.807) is 12.1 Å². The molecule has 5 aromatic rings. The van der Waals surface area contributed by atoms with E-state index in [1.807, 2.05) is 74.5 Å². The van der Waals surface area contributed by atoms with Crippen LogP contribution in [0, 0.1) is 38.0 Å². The fraction of sp³-hybridized carbons (Fsp3) is 0.0968. The highest BCUT2D eigenvalue weighted by Crippen LogP contribution is 2.25. The smallest absolute Gasteiger partial charge is 0.338 e. The Morgan fingerprint density at radius 1 is 0.816 bits per heavy atom. The number of hydrogen-bond donors (Lipinski definition) is 0. The van der Waals surface area contributed by atoms with E-state index >= 15 is 0 Å². The first-order valence-electron chi connectivity index (χ1n) is 11.6. The Labute approximate surface area is 220 Å². The summed E-state index contributed by atoms with van der Waals surface area (Å²) in [6.45, 7) is 3.62. The molecular weight excluding hydrogens is 478 g/mol. The first-order valence-corrected chi connectivity index (χ1v) is 11.6. The molecule has 186 valence electrons. The quantitative estimate of drug-likeness (QED) is 0.226. The minimum atomic E-state index is -0.424. The largest absolute Gasteiger partial charge is 0.465 e. The van der Waals surface area contributed by atoms with Crippen molar-refractivity contribution in [2.24, 2.45) is 0 Å². The zero-order valence-corrected chi connectivity index (χ0v) is 21.1. The lowest BCUT2D eigenvalue weighted by molar-refractivity contribution is 0.0600. The van der Waals surface area contributed by atoms with Gasteiger partial charge in [-0.3, -0.25) is 0 Å². The molecule has 0 bridgehead atoms. The zero-order valence-electron chi connectivity index (χ0n) is 21.1. The maximum atomic E-state index is 11.6. The van der Waals surface area contributed by atoms with Gasteiger partial charge >= 0.3 is 5.97 Å². The third-order valence-corrected chi connectivity index (χ3v) is 5.46. The van der Waals surface area contributed by atoms with Crippen LogP contribution in [0.15, 0.2) is 88.0 Å². The molecule has 0 saturated heterocycles. The molecule has 38 heavy (non-hydrogen) atoms. The molecule has 2 aromatic carbocycles.